The van der Waals surface area contributed by atoms with Crippen molar-refractivity contribution < 1.29 is 0 Å². The molecule has 29 heavy (non-hydrogen) atoms. The van der Waals surface area contributed by atoms with Crippen molar-refractivity contribution in [3.63, 3.8) is 0 Å². The van der Waals surface area contributed by atoms with E-state index in [0.717, 1.165) is 56.4 Å². The molecule has 1 fully saturated rings. The maximum absolute atomic E-state index is 6.79. The number of pyridine rings is 1. The second-order valence-corrected chi connectivity index (χ2v) is 7.55. The van der Waals surface area contributed by atoms with Crippen molar-refractivity contribution in [2.24, 2.45) is 16.5 Å². The molecule has 2 aliphatic heterocycles. The first-order valence-corrected chi connectivity index (χ1v) is 10.2. The molecule has 3 heterocycles. The first-order chi connectivity index (χ1) is 14.1. The van der Waals surface area contributed by atoms with Gasteiger partial charge in [-0.05, 0) is 24.1 Å². The highest BCUT2D eigenvalue weighted by molar-refractivity contribution is 5.83. The van der Waals surface area contributed by atoms with Crippen LogP contribution in [0.5, 0.6) is 0 Å². The molecular formula is C22H29N7. The SMILES string of the molecule is CCCc1ccccc1C1(N)C=C(N)NC(N2CCN(c3ccccn3)CC2)=N1. The van der Waals surface area contributed by atoms with Gasteiger partial charge in [0.2, 0.25) is 5.96 Å². The summed E-state index contributed by atoms with van der Waals surface area (Å²) in [4.78, 5) is 13.9. The average molecular weight is 392 g/mol. The van der Waals surface area contributed by atoms with E-state index in [1.807, 2.05) is 42.6 Å². The van der Waals surface area contributed by atoms with Gasteiger partial charge in [0, 0.05) is 44.0 Å². The lowest BCUT2D eigenvalue weighted by molar-refractivity contribution is 0.364. The molecule has 1 unspecified atom stereocenters. The van der Waals surface area contributed by atoms with E-state index in [1.54, 1.807) is 0 Å². The summed E-state index contributed by atoms with van der Waals surface area (Å²) in [6.07, 6.45) is 5.66. The topological polar surface area (TPSA) is 95.8 Å². The summed E-state index contributed by atoms with van der Waals surface area (Å²) in [7, 11) is 0. The number of nitrogens with zero attached hydrogens (tertiary/aromatic N) is 4. The number of aliphatic imine (C=N–C) groups is 1. The number of hydrogen-bond acceptors (Lipinski definition) is 7. The fraction of sp³-hybridized carbons (Fsp3) is 0.364. The van der Waals surface area contributed by atoms with E-state index in [9.17, 15) is 0 Å². The number of aromatic nitrogens is 1. The van der Waals surface area contributed by atoms with Crippen LogP contribution in [0.2, 0.25) is 0 Å². The van der Waals surface area contributed by atoms with Crippen LogP contribution in [0.4, 0.5) is 5.82 Å². The zero-order chi connectivity index (χ0) is 20.3. The number of benzene rings is 1. The van der Waals surface area contributed by atoms with Crippen molar-refractivity contribution in [3.8, 4) is 0 Å². The van der Waals surface area contributed by atoms with E-state index in [-0.39, 0.29) is 0 Å². The summed E-state index contributed by atoms with van der Waals surface area (Å²) in [5, 5.41) is 3.22. The molecule has 2 aliphatic rings. The van der Waals surface area contributed by atoms with Gasteiger partial charge in [0.15, 0.2) is 5.66 Å². The number of hydrogen-bond donors (Lipinski definition) is 3. The Balaban J connectivity index is 1.55. The number of guanidine groups is 1. The lowest BCUT2D eigenvalue weighted by Gasteiger charge is -2.40. The van der Waals surface area contributed by atoms with Gasteiger partial charge in [-0.25, -0.2) is 9.98 Å². The third kappa shape index (κ3) is 4.05. The van der Waals surface area contributed by atoms with Crippen LogP contribution in [0.1, 0.15) is 24.5 Å². The van der Waals surface area contributed by atoms with Gasteiger partial charge in [-0.3, -0.25) is 5.73 Å². The summed E-state index contributed by atoms with van der Waals surface area (Å²) in [6, 6.07) is 14.2. The molecule has 0 radical (unpaired) electrons. The molecular weight excluding hydrogens is 362 g/mol. The second-order valence-electron chi connectivity index (χ2n) is 7.55. The molecule has 0 spiro atoms. The highest BCUT2D eigenvalue weighted by atomic mass is 15.4. The second kappa shape index (κ2) is 8.13. The van der Waals surface area contributed by atoms with Crippen LogP contribution in [0, 0.1) is 0 Å². The first kappa shape index (κ1) is 19.3. The molecule has 5 N–H and O–H groups in total. The number of anilines is 1. The molecule has 0 amide bonds. The van der Waals surface area contributed by atoms with Gasteiger partial charge in [-0.2, -0.15) is 0 Å². The Morgan fingerprint density at radius 1 is 1.03 bits per heavy atom. The van der Waals surface area contributed by atoms with Crippen molar-refractivity contribution >= 4 is 11.8 Å². The van der Waals surface area contributed by atoms with Gasteiger partial charge in [-0.1, -0.05) is 43.7 Å². The summed E-state index contributed by atoms with van der Waals surface area (Å²) in [6.45, 7) is 5.55. The third-order valence-corrected chi connectivity index (χ3v) is 5.44. The Kier molecular flexibility index (Phi) is 5.40. The van der Waals surface area contributed by atoms with Gasteiger partial charge in [0.1, 0.15) is 11.6 Å². The third-order valence-electron chi connectivity index (χ3n) is 5.44. The fourth-order valence-electron chi connectivity index (χ4n) is 4.01. The number of nitrogens with one attached hydrogen (secondary N) is 1. The molecule has 0 aliphatic carbocycles. The van der Waals surface area contributed by atoms with Gasteiger partial charge < -0.3 is 20.9 Å². The quantitative estimate of drug-likeness (QED) is 0.735. The fourth-order valence-corrected chi connectivity index (χ4v) is 4.01. The van der Waals surface area contributed by atoms with E-state index >= 15 is 0 Å². The molecule has 4 rings (SSSR count). The molecule has 1 aromatic heterocycles. The predicted octanol–water partition coefficient (Wildman–Crippen LogP) is 1.73. The molecule has 0 bridgehead atoms. The van der Waals surface area contributed by atoms with Crippen molar-refractivity contribution in [3.05, 3.63) is 71.7 Å². The average Bonchev–Trinajstić information content (AvgIpc) is 2.74. The Hall–Kier alpha value is -3.06. The van der Waals surface area contributed by atoms with Gasteiger partial charge in [0.05, 0.1) is 0 Å². The van der Waals surface area contributed by atoms with Crippen LogP contribution in [0.15, 0.2) is 65.6 Å². The number of rotatable bonds is 4. The Morgan fingerprint density at radius 2 is 1.76 bits per heavy atom. The van der Waals surface area contributed by atoms with E-state index in [4.69, 9.17) is 16.5 Å². The Morgan fingerprint density at radius 3 is 2.48 bits per heavy atom. The normalized spacial score (nSPS) is 22.0. The van der Waals surface area contributed by atoms with Crippen molar-refractivity contribution in [2.75, 3.05) is 31.1 Å². The Labute approximate surface area is 172 Å². The van der Waals surface area contributed by atoms with Crippen LogP contribution >= 0.6 is 0 Å². The van der Waals surface area contributed by atoms with E-state index in [0.29, 0.717) is 5.82 Å². The minimum Gasteiger partial charge on any atom is -0.385 e. The zero-order valence-corrected chi connectivity index (χ0v) is 16.9. The minimum absolute atomic E-state index is 0.538. The molecule has 7 nitrogen and oxygen atoms in total. The molecule has 0 saturated carbocycles. The van der Waals surface area contributed by atoms with Gasteiger partial charge >= 0.3 is 0 Å². The monoisotopic (exact) mass is 391 g/mol. The van der Waals surface area contributed by atoms with Gasteiger partial charge in [-0.15, -0.1) is 0 Å². The number of nitrogens with two attached hydrogens (primary N) is 2. The van der Waals surface area contributed by atoms with Crippen LogP contribution < -0.4 is 21.7 Å². The maximum Gasteiger partial charge on any atom is 0.202 e. The smallest absolute Gasteiger partial charge is 0.202 e. The van der Waals surface area contributed by atoms with E-state index in [1.165, 1.54) is 5.56 Å². The molecule has 2 aromatic rings. The molecule has 1 atom stereocenters. The van der Waals surface area contributed by atoms with E-state index in [2.05, 4.69) is 39.2 Å². The first-order valence-electron chi connectivity index (χ1n) is 10.2. The van der Waals surface area contributed by atoms with Crippen LogP contribution in [-0.2, 0) is 12.1 Å². The Bertz CT molecular complexity index is 900. The summed E-state index contributed by atoms with van der Waals surface area (Å²) >= 11 is 0. The summed E-state index contributed by atoms with van der Waals surface area (Å²) in [5.74, 6) is 2.28. The van der Waals surface area contributed by atoms with Crippen molar-refractivity contribution in [2.45, 2.75) is 25.4 Å². The molecule has 7 heteroatoms. The lowest BCUT2D eigenvalue weighted by Crippen LogP contribution is -2.56. The summed E-state index contributed by atoms with van der Waals surface area (Å²) < 4.78 is 0. The number of piperazine rings is 1. The predicted molar refractivity (Wildman–Crippen MR) is 117 cm³/mol. The van der Waals surface area contributed by atoms with Crippen LogP contribution in [0.3, 0.4) is 0 Å². The molecule has 152 valence electrons. The zero-order valence-electron chi connectivity index (χ0n) is 16.9. The maximum atomic E-state index is 6.79. The van der Waals surface area contributed by atoms with Crippen molar-refractivity contribution in [1.29, 1.82) is 0 Å². The van der Waals surface area contributed by atoms with Crippen LogP contribution in [0.25, 0.3) is 0 Å². The van der Waals surface area contributed by atoms with Crippen LogP contribution in [-0.4, -0.2) is 42.0 Å². The highest BCUT2D eigenvalue weighted by Gasteiger charge is 2.33. The largest absolute Gasteiger partial charge is 0.385 e. The molecule has 1 saturated heterocycles. The highest BCUT2D eigenvalue weighted by Crippen LogP contribution is 2.29. The molecule has 1 aromatic carbocycles. The van der Waals surface area contributed by atoms with E-state index < -0.39 is 5.66 Å². The number of aryl methyl sites for hydroxylation is 1. The summed E-state index contributed by atoms with van der Waals surface area (Å²) in [5.41, 5.74) is 14.3. The van der Waals surface area contributed by atoms with Gasteiger partial charge in [0.25, 0.3) is 0 Å². The van der Waals surface area contributed by atoms with Crippen molar-refractivity contribution in [1.82, 2.24) is 15.2 Å². The lowest BCUT2D eigenvalue weighted by atomic mass is 9.92. The standard InChI is InChI=1S/C22H29N7/c1-2-7-17-8-3-4-9-18(17)22(24)16-19(23)26-21(27-22)29-14-12-28(13-15-29)20-10-5-6-11-25-20/h3-6,8-11,16H,2,7,12-15,23-24H2,1H3,(H,26,27). The minimum atomic E-state index is -0.964.